The third-order valence-corrected chi connectivity index (χ3v) is 9.13. The van der Waals surface area contributed by atoms with E-state index in [4.69, 9.17) is 0 Å². The van der Waals surface area contributed by atoms with Crippen molar-refractivity contribution in [1.82, 2.24) is 0 Å². The van der Waals surface area contributed by atoms with Crippen molar-refractivity contribution in [2.45, 2.75) is 117 Å². The van der Waals surface area contributed by atoms with Gasteiger partial charge in [-0.2, -0.15) is 0 Å². The molecule has 0 unspecified atom stereocenters. The van der Waals surface area contributed by atoms with Crippen molar-refractivity contribution in [1.29, 1.82) is 0 Å². The van der Waals surface area contributed by atoms with Crippen molar-refractivity contribution in [3.8, 4) is 0 Å². The second-order valence-corrected chi connectivity index (χ2v) is 12.3. The second-order valence-electron chi connectivity index (χ2n) is 9.81. The zero-order chi connectivity index (χ0) is 23.8. The van der Waals surface area contributed by atoms with Crippen molar-refractivity contribution in [3.05, 3.63) is 59.7 Å². The Labute approximate surface area is 204 Å². The SMILES string of the molecule is CCCCCCCCCc1ccc([PH](O)(O)c2ccc(CCCCCCCCC)cc2)cc1. The van der Waals surface area contributed by atoms with Gasteiger partial charge < -0.3 is 0 Å². The van der Waals surface area contributed by atoms with Gasteiger partial charge in [-0.1, -0.05) is 13.8 Å². The van der Waals surface area contributed by atoms with Crippen LogP contribution in [0.4, 0.5) is 0 Å². The van der Waals surface area contributed by atoms with Gasteiger partial charge in [-0.15, -0.1) is 0 Å². The molecule has 0 amide bonds. The minimum atomic E-state index is -3.62. The molecule has 2 rings (SSSR count). The van der Waals surface area contributed by atoms with Crippen LogP contribution in [0.5, 0.6) is 0 Å². The Morgan fingerprint density at radius 3 is 1.09 bits per heavy atom. The van der Waals surface area contributed by atoms with Gasteiger partial charge in [0.25, 0.3) is 0 Å². The van der Waals surface area contributed by atoms with Gasteiger partial charge in [0.15, 0.2) is 0 Å². The molecule has 0 bridgehead atoms. The van der Waals surface area contributed by atoms with Crippen LogP contribution in [0.2, 0.25) is 0 Å². The molecule has 0 saturated carbocycles. The quantitative estimate of drug-likeness (QED) is 0.172. The third-order valence-electron chi connectivity index (χ3n) is 6.85. The van der Waals surface area contributed by atoms with Gasteiger partial charge in [0, 0.05) is 0 Å². The zero-order valence-corrected chi connectivity index (χ0v) is 22.3. The molecule has 0 aliphatic heterocycles. The Hall–Kier alpha value is -1.21. The molecule has 2 aromatic carbocycles. The van der Waals surface area contributed by atoms with E-state index in [1.807, 2.05) is 24.3 Å². The Kier molecular flexibility index (Phi) is 13.9. The summed E-state index contributed by atoms with van der Waals surface area (Å²) in [6, 6.07) is 16.0. The third kappa shape index (κ3) is 10.7. The molecule has 0 radical (unpaired) electrons. The monoisotopic (exact) mass is 472 g/mol. The molecule has 3 heteroatoms. The number of benzene rings is 2. The van der Waals surface area contributed by atoms with Gasteiger partial charge in [0.2, 0.25) is 0 Å². The first kappa shape index (κ1) is 28.0. The first-order valence-corrected chi connectivity index (χ1v) is 15.6. The summed E-state index contributed by atoms with van der Waals surface area (Å²) in [5, 5.41) is 1.34. The molecule has 2 N–H and O–H groups in total. The molecule has 0 aliphatic carbocycles. The van der Waals surface area contributed by atoms with Crippen LogP contribution in [0.15, 0.2) is 48.5 Å². The van der Waals surface area contributed by atoms with Gasteiger partial charge in [-0.05, 0) is 0 Å². The van der Waals surface area contributed by atoms with Gasteiger partial charge in [0.1, 0.15) is 0 Å². The molecule has 186 valence electrons. The van der Waals surface area contributed by atoms with Crippen LogP contribution in [0.25, 0.3) is 0 Å². The van der Waals surface area contributed by atoms with Crippen LogP contribution in [-0.2, 0) is 12.8 Å². The van der Waals surface area contributed by atoms with Crippen molar-refractivity contribution in [2.24, 2.45) is 0 Å². The Morgan fingerprint density at radius 1 is 0.455 bits per heavy atom. The predicted molar refractivity (Wildman–Crippen MR) is 148 cm³/mol. The van der Waals surface area contributed by atoms with Crippen molar-refractivity contribution < 1.29 is 9.79 Å². The maximum atomic E-state index is 11.0. The molecule has 0 spiro atoms. The van der Waals surface area contributed by atoms with Crippen LogP contribution < -0.4 is 10.6 Å². The van der Waals surface area contributed by atoms with Gasteiger partial charge in [-0.3, -0.25) is 0 Å². The van der Waals surface area contributed by atoms with Crippen LogP contribution in [-0.4, -0.2) is 9.79 Å². The summed E-state index contributed by atoms with van der Waals surface area (Å²) in [6.07, 6.45) is 20.6. The average molecular weight is 473 g/mol. The van der Waals surface area contributed by atoms with Gasteiger partial charge in [0.05, 0.1) is 0 Å². The summed E-state index contributed by atoms with van der Waals surface area (Å²) in [5.74, 6) is 0. The van der Waals surface area contributed by atoms with E-state index in [9.17, 15) is 9.79 Å². The van der Waals surface area contributed by atoms with E-state index in [1.165, 1.54) is 101 Å². The molecule has 2 nitrogen and oxygen atoms in total. The first-order valence-electron chi connectivity index (χ1n) is 13.7. The fourth-order valence-electron chi connectivity index (χ4n) is 4.55. The molecule has 0 saturated heterocycles. The van der Waals surface area contributed by atoms with Crippen LogP contribution >= 0.6 is 7.72 Å². The fourth-order valence-corrected chi connectivity index (χ4v) is 6.14. The van der Waals surface area contributed by atoms with E-state index in [1.54, 1.807) is 0 Å². The van der Waals surface area contributed by atoms with Crippen LogP contribution in [0, 0.1) is 0 Å². The van der Waals surface area contributed by atoms with Crippen LogP contribution in [0.1, 0.15) is 115 Å². The normalized spacial score (nSPS) is 12.2. The number of hydrogen-bond acceptors (Lipinski definition) is 2. The first-order chi connectivity index (χ1) is 16.1. The zero-order valence-electron chi connectivity index (χ0n) is 21.3. The molecular formula is C30H49O2P. The van der Waals surface area contributed by atoms with Crippen molar-refractivity contribution >= 4 is 18.3 Å². The van der Waals surface area contributed by atoms with Gasteiger partial charge in [-0.25, -0.2) is 0 Å². The number of unbranched alkanes of at least 4 members (excludes halogenated alkanes) is 12. The van der Waals surface area contributed by atoms with Crippen molar-refractivity contribution in [2.75, 3.05) is 0 Å². The summed E-state index contributed by atoms with van der Waals surface area (Å²) >= 11 is 0. The van der Waals surface area contributed by atoms with E-state index in [-0.39, 0.29) is 0 Å². The van der Waals surface area contributed by atoms with E-state index >= 15 is 0 Å². The molecule has 0 fully saturated rings. The summed E-state index contributed by atoms with van der Waals surface area (Å²) in [6.45, 7) is 4.51. The standard InChI is InChI=1S/C30H49O2P/c1-3-5-7-9-11-13-15-17-27-19-23-29(24-20-27)33(31,32)30-25-21-28(22-26-30)18-16-14-12-10-8-6-4-2/h19-26,31-33H,3-18H2,1-2H3. The minimum absolute atomic E-state index is 0.672. The Bertz CT molecular complexity index is 673. The molecule has 0 atom stereocenters. The second kappa shape index (κ2) is 16.4. The van der Waals surface area contributed by atoms with E-state index in [0.29, 0.717) is 10.6 Å². The predicted octanol–water partition coefficient (Wildman–Crippen LogP) is 7.79. The average Bonchev–Trinajstić information content (AvgIpc) is 2.83. The number of hydrogen-bond donors (Lipinski definition) is 2. The topological polar surface area (TPSA) is 40.5 Å². The van der Waals surface area contributed by atoms with E-state index in [0.717, 1.165) is 12.8 Å². The number of rotatable bonds is 18. The van der Waals surface area contributed by atoms with Gasteiger partial charge >= 0.3 is 191 Å². The molecular weight excluding hydrogens is 423 g/mol. The molecule has 33 heavy (non-hydrogen) atoms. The molecule has 0 aromatic heterocycles. The molecule has 2 aromatic rings. The number of aryl methyl sites for hydroxylation is 2. The summed E-state index contributed by atoms with van der Waals surface area (Å²) in [4.78, 5) is 21.9. The summed E-state index contributed by atoms with van der Waals surface area (Å²) < 4.78 is 0. The Morgan fingerprint density at radius 2 is 0.758 bits per heavy atom. The van der Waals surface area contributed by atoms with Crippen molar-refractivity contribution in [3.63, 3.8) is 0 Å². The molecule has 0 aliphatic rings. The van der Waals surface area contributed by atoms with Crippen LogP contribution in [0.3, 0.4) is 0 Å². The van der Waals surface area contributed by atoms with E-state index < -0.39 is 7.72 Å². The molecule has 0 heterocycles. The van der Waals surface area contributed by atoms with E-state index in [2.05, 4.69) is 38.1 Å². The Balaban J connectivity index is 1.76. The fraction of sp³-hybridized carbons (Fsp3) is 0.600. The summed E-state index contributed by atoms with van der Waals surface area (Å²) in [5.41, 5.74) is 2.59. The maximum absolute atomic E-state index is 11.0. The summed E-state index contributed by atoms with van der Waals surface area (Å²) in [7, 11) is -3.62.